The number of esters is 3. The van der Waals surface area contributed by atoms with E-state index in [1.807, 2.05) is 0 Å². The fourth-order valence-electron chi connectivity index (χ4n) is 11.3. The SMILES string of the molecule is CCCCCCC/C=C\C/C=C\CCCCCCCCCCCCCCCCCCCC(=O)OCC(COC(=O)CCCCCCCCCCCCCCCCCC)OC(=O)CCCCCCCCCCC/C=C\CCCCCCCC. The standard InChI is InChI=1S/C76H142O6/c1-4-7-10-13-16-19-22-25-28-31-33-34-35-36-37-38-39-40-41-42-44-45-48-51-54-57-60-63-66-69-75(78)81-72-73(71-80-74(77)68-65-62-59-56-53-50-47-30-27-24-21-18-15-12-9-6-3)82-76(79)70-67-64-61-58-55-52-49-46-43-32-29-26-23-20-17-14-11-8-5-2/h22,25-26,29,31,33,73H,4-21,23-24,27-28,30,32,34-72H2,1-3H3/b25-22-,29-26-,33-31-. The zero-order valence-electron chi connectivity index (χ0n) is 55.5. The summed E-state index contributed by atoms with van der Waals surface area (Å²) < 4.78 is 17.0. The number of carbonyl (C=O) groups is 3. The highest BCUT2D eigenvalue weighted by Gasteiger charge is 2.20. The molecule has 0 fully saturated rings. The van der Waals surface area contributed by atoms with Gasteiger partial charge < -0.3 is 14.2 Å². The van der Waals surface area contributed by atoms with E-state index >= 15 is 0 Å². The third kappa shape index (κ3) is 68.4. The van der Waals surface area contributed by atoms with Gasteiger partial charge in [0, 0.05) is 19.3 Å². The van der Waals surface area contributed by atoms with E-state index in [-0.39, 0.29) is 31.1 Å². The van der Waals surface area contributed by atoms with Crippen LogP contribution in [0.2, 0.25) is 0 Å². The number of ether oxygens (including phenoxy) is 3. The van der Waals surface area contributed by atoms with Crippen LogP contribution in [0.15, 0.2) is 36.5 Å². The van der Waals surface area contributed by atoms with Crippen molar-refractivity contribution in [1.82, 2.24) is 0 Å². The van der Waals surface area contributed by atoms with E-state index in [1.165, 1.54) is 308 Å². The van der Waals surface area contributed by atoms with Crippen molar-refractivity contribution in [3.63, 3.8) is 0 Å². The molecule has 0 aromatic rings. The Balaban J connectivity index is 4.22. The average molecular weight is 1150 g/mol. The van der Waals surface area contributed by atoms with Crippen LogP contribution in [0.5, 0.6) is 0 Å². The number of hydrogen-bond donors (Lipinski definition) is 0. The lowest BCUT2D eigenvalue weighted by atomic mass is 10.0. The summed E-state index contributed by atoms with van der Waals surface area (Å²) in [5.41, 5.74) is 0. The van der Waals surface area contributed by atoms with Gasteiger partial charge in [0.15, 0.2) is 6.10 Å². The highest BCUT2D eigenvalue weighted by Crippen LogP contribution is 2.19. The first kappa shape index (κ1) is 79.6. The molecule has 82 heavy (non-hydrogen) atoms. The monoisotopic (exact) mass is 1150 g/mol. The van der Waals surface area contributed by atoms with Crippen LogP contribution in [-0.4, -0.2) is 37.2 Å². The van der Waals surface area contributed by atoms with Crippen LogP contribution in [0, 0.1) is 0 Å². The summed E-state index contributed by atoms with van der Waals surface area (Å²) in [5.74, 6) is -0.835. The zero-order chi connectivity index (χ0) is 59.2. The largest absolute Gasteiger partial charge is 0.462 e. The van der Waals surface area contributed by atoms with E-state index < -0.39 is 6.10 Å². The van der Waals surface area contributed by atoms with Crippen molar-refractivity contribution in [2.24, 2.45) is 0 Å². The quantitative estimate of drug-likeness (QED) is 0.0261. The van der Waals surface area contributed by atoms with Crippen LogP contribution in [-0.2, 0) is 28.6 Å². The smallest absolute Gasteiger partial charge is 0.306 e. The molecule has 0 aliphatic carbocycles. The number of unbranched alkanes of at least 4 members (excludes halogenated alkanes) is 52. The van der Waals surface area contributed by atoms with Gasteiger partial charge in [-0.05, 0) is 77.0 Å². The van der Waals surface area contributed by atoms with Crippen molar-refractivity contribution < 1.29 is 28.6 Å². The lowest BCUT2D eigenvalue weighted by Crippen LogP contribution is -2.30. The van der Waals surface area contributed by atoms with Crippen LogP contribution in [0.4, 0.5) is 0 Å². The Morgan fingerprint density at radius 2 is 0.439 bits per heavy atom. The Hall–Kier alpha value is -2.37. The Kier molecular flexibility index (Phi) is 69.1. The van der Waals surface area contributed by atoms with Crippen molar-refractivity contribution in [3.8, 4) is 0 Å². The molecule has 0 spiro atoms. The van der Waals surface area contributed by atoms with Crippen molar-refractivity contribution in [3.05, 3.63) is 36.5 Å². The molecule has 0 N–H and O–H groups in total. The normalized spacial score (nSPS) is 12.2. The van der Waals surface area contributed by atoms with Gasteiger partial charge in [0.1, 0.15) is 13.2 Å². The Labute approximate surface area is 512 Å². The van der Waals surface area contributed by atoms with Crippen molar-refractivity contribution >= 4 is 17.9 Å². The minimum atomic E-state index is -0.771. The third-order valence-corrected chi connectivity index (χ3v) is 16.9. The molecule has 1 atom stereocenters. The average Bonchev–Trinajstić information content (AvgIpc) is 3.47. The van der Waals surface area contributed by atoms with E-state index in [0.29, 0.717) is 19.3 Å². The topological polar surface area (TPSA) is 78.9 Å². The first-order valence-electron chi connectivity index (χ1n) is 37.0. The fourth-order valence-corrected chi connectivity index (χ4v) is 11.3. The van der Waals surface area contributed by atoms with Gasteiger partial charge in [-0.2, -0.15) is 0 Å². The van der Waals surface area contributed by atoms with Gasteiger partial charge in [-0.25, -0.2) is 0 Å². The second kappa shape index (κ2) is 71.1. The summed E-state index contributed by atoms with van der Waals surface area (Å²) in [6.07, 6.45) is 88.9. The van der Waals surface area contributed by atoms with Crippen LogP contribution in [0.25, 0.3) is 0 Å². The summed E-state index contributed by atoms with van der Waals surface area (Å²) >= 11 is 0. The van der Waals surface area contributed by atoms with Crippen molar-refractivity contribution in [2.45, 2.75) is 419 Å². The van der Waals surface area contributed by atoms with Gasteiger partial charge in [0.05, 0.1) is 0 Å². The lowest BCUT2D eigenvalue weighted by Gasteiger charge is -2.18. The first-order chi connectivity index (χ1) is 40.5. The molecule has 0 saturated heterocycles. The molecule has 0 rings (SSSR count). The number of allylic oxidation sites excluding steroid dienone is 6. The molecular formula is C76H142O6. The number of hydrogen-bond acceptors (Lipinski definition) is 6. The molecule has 0 saturated carbocycles. The molecule has 482 valence electrons. The summed E-state index contributed by atoms with van der Waals surface area (Å²) in [6, 6.07) is 0. The summed E-state index contributed by atoms with van der Waals surface area (Å²) in [5, 5.41) is 0. The molecule has 0 aromatic heterocycles. The van der Waals surface area contributed by atoms with Crippen molar-refractivity contribution in [1.29, 1.82) is 0 Å². The molecule has 0 radical (unpaired) electrons. The van der Waals surface area contributed by atoms with Gasteiger partial charge in [-0.15, -0.1) is 0 Å². The predicted octanol–water partition coefficient (Wildman–Crippen LogP) is 25.5. The van der Waals surface area contributed by atoms with Crippen molar-refractivity contribution in [2.75, 3.05) is 13.2 Å². The second-order valence-electron chi connectivity index (χ2n) is 25.2. The molecule has 6 heteroatoms. The van der Waals surface area contributed by atoms with E-state index in [1.54, 1.807) is 0 Å². The zero-order valence-corrected chi connectivity index (χ0v) is 55.5. The summed E-state index contributed by atoms with van der Waals surface area (Å²) in [6.45, 7) is 6.71. The van der Waals surface area contributed by atoms with Crippen LogP contribution in [0.1, 0.15) is 412 Å². The van der Waals surface area contributed by atoms with Crippen LogP contribution < -0.4 is 0 Å². The first-order valence-corrected chi connectivity index (χ1v) is 37.0. The molecule has 0 aliphatic heterocycles. The van der Waals surface area contributed by atoms with E-state index in [0.717, 1.165) is 64.2 Å². The lowest BCUT2D eigenvalue weighted by molar-refractivity contribution is -0.167. The van der Waals surface area contributed by atoms with Gasteiger partial charge in [-0.3, -0.25) is 14.4 Å². The Morgan fingerprint density at radius 3 is 0.683 bits per heavy atom. The molecule has 0 aliphatic rings. The van der Waals surface area contributed by atoms with E-state index in [4.69, 9.17) is 14.2 Å². The Morgan fingerprint density at radius 1 is 0.244 bits per heavy atom. The summed E-state index contributed by atoms with van der Waals surface area (Å²) in [4.78, 5) is 38.5. The maximum Gasteiger partial charge on any atom is 0.306 e. The third-order valence-electron chi connectivity index (χ3n) is 16.9. The Bertz CT molecular complexity index is 1370. The fraction of sp³-hybridized carbons (Fsp3) is 0.882. The molecule has 6 nitrogen and oxygen atoms in total. The highest BCUT2D eigenvalue weighted by molar-refractivity contribution is 5.71. The maximum atomic E-state index is 13.0. The maximum absolute atomic E-state index is 13.0. The van der Waals surface area contributed by atoms with Crippen LogP contribution >= 0.6 is 0 Å². The molecule has 1 unspecified atom stereocenters. The minimum Gasteiger partial charge on any atom is -0.462 e. The second-order valence-corrected chi connectivity index (χ2v) is 25.2. The molecule has 0 amide bonds. The van der Waals surface area contributed by atoms with Gasteiger partial charge >= 0.3 is 17.9 Å². The number of carbonyl (C=O) groups excluding carboxylic acids is 3. The van der Waals surface area contributed by atoms with Gasteiger partial charge in [0.25, 0.3) is 0 Å². The molecule has 0 aromatic carbocycles. The molecular weight excluding hydrogens is 1010 g/mol. The highest BCUT2D eigenvalue weighted by atomic mass is 16.6. The predicted molar refractivity (Wildman–Crippen MR) is 358 cm³/mol. The molecule has 0 heterocycles. The summed E-state index contributed by atoms with van der Waals surface area (Å²) in [7, 11) is 0. The number of rotatable bonds is 69. The van der Waals surface area contributed by atoms with Gasteiger partial charge in [-0.1, -0.05) is 353 Å². The van der Waals surface area contributed by atoms with Gasteiger partial charge in [0.2, 0.25) is 0 Å². The van der Waals surface area contributed by atoms with E-state index in [9.17, 15) is 14.4 Å². The molecule has 0 bridgehead atoms. The van der Waals surface area contributed by atoms with E-state index in [2.05, 4.69) is 57.2 Å². The minimum absolute atomic E-state index is 0.0665. The van der Waals surface area contributed by atoms with Crippen LogP contribution in [0.3, 0.4) is 0 Å².